The highest BCUT2D eigenvalue weighted by Gasteiger charge is 2.23. The molecule has 2 fully saturated rings. The highest BCUT2D eigenvalue weighted by molar-refractivity contribution is 6.42. The maximum Gasteiger partial charge on any atom is 0.225 e. The van der Waals surface area contributed by atoms with Crippen LogP contribution in [0.4, 0.5) is 0 Å². The zero-order valence-corrected chi connectivity index (χ0v) is 17.2. The Balaban J connectivity index is 1.31. The van der Waals surface area contributed by atoms with Gasteiger partial charge in [0.25, 0.3) is 0 Å². The fourth-order valence-electron chi connectivity index (χ4n) is 3.64. The summed E-state index contributed by atoms with van der Waals surface area (Å²) in [6.45, 7) is 7.05. The molecule has 0 atom stereocenters. The molecule has 7 heteroatoms. The number of halogens is 2. The molecular formula is C20H28Cl2N2O3. The van der Waals surface area contributed by atoms with Crippen LogP contribution in [0.15, 0.2) is 18.2 Å². The van der Waals surface area contributed by atoms with Gasteiger partial charge in [-0.25, -0.2) is 0 Å². The van der Waals surface area contributed by atoms with Crippen LogP contribution in [0.5, 0.6) is 5.75 Å². The first-order chi connectivity index (χ1) is 13.1. The van der Waals surface area contributed by atoms with Gasteiger partial charge in [-0.15, -0.1) is 0 Å². The molecule has 150 valence electrons. The number of hydrogen-bond acceptors (Lipinski definition) is 4. The van der Waals surface area contributed by atoms with Crippen LogP contribution < -0.4 is 4.74 Å². The van der Waals surface area contributed by atoms with Crippen molar-refractivity contribution in [2.45, 2.75) is 25.7 Å². The molecule has 0 aliphatic carbocycles. The van der Waals surface area contributed by atoms with Crippen molar-refractivity contribution in [3.05, 3.63) is 28.2 Å². The fraction of sp³-hybridized carbons (Fsp3) is 0.650. The van der Waals surface area contributed by atoms with Crippen molar-refractivity contribution in [1.82, 2.24) is 9.80 Å². The number of amides is 1. The number of piperidine rings is 1. The summed E-state index contributed by atoms with van der Waals surface area (Å²) in [6, 6.07) is 5.13. The normalized spacial score (nSPS) is 19.3. The molecule has 0 radical (unpaired) electrons. The van der Waals surface area contributed by atoms with Crippen LogP contribution in [-0.4, -0.2) is 68.3 Å². The Morgan fingerprint density at radius 2 is 1.85 bits per heavy atom. The van der Waals surface area contributed by atoms with Crippen LogP contribution >= 0.6 is 23.2 Å². The van der Waals surface area contributed by atoms with Gasteiger partial charge in [0, 0.05) is 32.2 Å². The van der Waals surface area contributed by atoms with Crippen LogP contribution in [0.2, 0.25) is 10.0 Å². The Morgan fingerprint density at radius 3 is 2.56 bits per heavy atom. The summed E-state index contributed by atoms with van der Waals surface area (Å²) in [5.41, 5.74) is 0. The van der Waals surface area contributed by atoms with E-state index in [1.54, 1.807) is 18.2 Å². The lowest BCUT2D eigenvalue weighted by Gasteiger charge is -2.34. The zero-order valence-electron chi connectivity index (χ0n) is 15.7. The number of hydrogen-bond donors (Lipinski definition) is 0. The standard InChI is InChI=1S/C20H28Cl2N2O3/c21-18-2-1-17(15-19(18)22)27-12-6-20(25)24-8-4-16(5-9-24)3-7-23-10-13-26-14-11-23/h1-2,15-16H,3-14H2. The van der Waals surface area contributed by atoms with Gasteiger partial charge < -0.3 is 14.4 Å². The largest absolute Gasteiger partial charge is 0.493 e. The third kappa shape index (κ3) is 6.53. The van der Waals surface area contributed by atoms with Crippen molar-refractivity contribution in [3.8, 4) is 5.75 Å². The van der Waals surface area contributed by atoms with E-state index in [1.165, 1.54) is 6.42 Å². The van der Waals surface area contributed by atoms with E-state index < -0.39 is 0 Å². The first-order valence-electron chi connectivity index (χ1n) is 9.77. The van der Waals surface area contributed by atoms with Crippen molar-refractivity contribution in [3.63, 3.8) is 0 Å². The molecule has 0 bridgehead atoms. The van der Waals surface area contributed by atoms with Crippen molar-refractivity contribution in [2.24, 2.45) is 5.92 Å². The van der Waals surface area contributed by atoms with Crippen molar-refractivity contribution >= 4 is 29.1 Å². The van der Waals surface area contributed by atoms with Gasteiger partial charge in [0.15, 0.2) is 0 Å². The van der Waals surface area contributed by atoms with Gasteiger partial charge >= 0.3 is 0 Å². The molecule has 5 nitrogen and oxygen atoms in total. The van der Waals surface area contributed by atoms with E-state index in [0.717, 1.165) is 64.7 Å². The lowest BCUT2D eigenvalue weighted by atomic mass is 9.93. The van der Waals surface area contributed by atoms with E-state index in [-0.39, 0.29) is 5.91 Å². The summed E-state index contributed by atoms with van der Waals surface area (Å²) in [6.07, 6.45) is 3.81. The molecular weight excluding hydrogens is 387 g/mol. The molecule has 1 aromatic carbocycles. The number of carbonyl (C=O) groups excluding carboxylic acids is 1. The number of nitrogens with zero attached hydrogens (tertiary/aromatic N) is 2. The molecule has 2 saturated heterocycles. The molecule has 0 unspecified atom stereocenters. The van der Waals surface area contributed by atoms with Gasteiger partial charge in [0.05, 0.1) is 36.3 Å². The summed E-state index contributed by atoms with van der Waals surface area (Å²) in [4.78, 5) is 16.9. The monoisotopic (exact) mass is 414 g/mol. The lowest BCUT2D eigenvalue weighted by Crippen LogP contribution is -2.41. The van der Waals surface area contributed by atoms with Crippen molar-refractivity contribution in [2.75, 3.05) is 52.5 Å². The minimum absolute atomic E-state index is 0.168. The Kier molecular flexibility index (Phi) is 8.07. The Bertz CT molecular complexity index is 615. The predicted molar refractivity (Wildman–Crippen MR) is 108 cm³/mol. The third-order valence-electron chi connectivity index (χ3n) is 5.40. The Hall–Kier alpha value is -1.01. The summed E-state index contributed by atoms with van der Waals surface area (Å²) >= 11 is 11.9. The molecule has 0 spiro atoms. The van der Waals surface area contributed by atoms with Crippen LogP contribution in [-0.2, 0) is 9.53 Å². The fourth-order valence-corrected chi connectivity index (χ4v) is 3.93. The molecule has 1 amide bonds. The van der Waals surface area contributed by atoms with Gasteiger partial charge in [-0.05, 0) is 43.9 Å². The van der Waals surface area contributed by atoms with Gasteiger partial charge in [0.1, 0.15) is 5.75 Å². The van der Waals surface area contributed by atoms with Crippen LogP contribution in [0.1, 0.15) is 25.7 Å². The number of ether oxygens (including phenoxy) is 2. The second-order valence-corrected chi connectivity index (χ2v) is 8.06. The number of likely N-dealkylation sites (tertiary alicyclic amines) is 1. The Morgan fingerprint density at radius 1 is 1.11 bits per heavy atom. The molecule has 2 aliphatic rings. The molecule has 0 N–H and O–H groups in total. The number of morpholine rings is 1. The minimum atomic E-state index is 0.168. The number of carbonyl (C=O) groups is 1. The highest BCUT2D eigenvalue weighted by atomic mass is 35.5. The van der Waals surface area contributed by atoms with Gasteiger partial charge in [-0.1, -0.05) is 23.2 Å². The van der Waals surface area contributed by atoms with E-state index >= 15 is 0 Å². The van der Waals surface area contributed by atoms with E-state index in [4.69, 9.17) is 32.7 Å². The Labute approximate surface area is 171 Å². The summed E-state index contributed by atoms with van der Waals surface area (Å²) in [5.74, 6) is 1.53. The van der Waals surface area contributed by atoms with Crippen LogP contribution in [0.3, 0.4) is 0 Å². The topological polar surface area (TPSA) is 42.0 Å². The molecule has 0 saturated carbocycles. The molecule has 27 heavy (non-hydrogen) atoms. The molecule has 1 aromatic rings. The average molecular weight is 415 g/mol. The van der Waals surface area contributed by atoms with Crippen LogP contribution in [0, 0.1) is 5.92 Å². The molecule has 2 heterocycles. The van der Waals surface area contributed by atoms with E-state index in [0.29, 0.717) is 28.8 Å². The molecule has 3 rings (SSSR count). The van der Waals surface area contributed by atoms with Crippen LogP contribution in [0.25, 0.3) is 0 Å². The van der Waals surface area contributed by atoms with Gasteiger partial charge in [-0.3, -0.25) is 9.69 Å². The number of rotatable bonds is 7. The smallest absolute Gasteiger partial charge is 0.225 e. The van der Waals surface area contributed by atoms with E-state index in [2.05, 4.69) is 4.90 Å². The quantitative estimate of drug-likeness (QED) is 0.681. The van der Waals surface area contributed by atoms with Gasteiger partial charge in [0.2, 0.25) is 5.91 Å². The second-order valence-electron chi connectivity index (χ2n) is 7.24. The van der Waals surface area contributed by atoms with Crippen molar-refractivity contribution in [1.29, 1.82) is 0 Å². The lowest BCUT2D eigenvalue weighted by molar-refractivity contribution is -0.133. The molecule has 2 aliphatic heterocycles. The van der Waals surface area contributed by atoms with E-state index in [9.17, 15) is 4.79 Å². The maximum atomic E-state index is 12.4. The van der Waals surface area contributed by atoms with Crippen molar-refractivity contribution < 1.29 is 14.3 Å². The van der Waals surface area contributed by atoms with Gasteiger partial charge in [-0.2, -0.15) is 0 Å². The molecule has 0 aromatic heterocycles. The third-order valence-corrected chi connectivity index (χ3v) is 6.14. The summed E-state index contributed by atoms with van der Waals surface area (Å²) in [5, 5.41) is 0.955. The SMILES string of the molecule is O=C(CCOc1ccc(Cl)c(Cl)c1)N1CCC(CCN2CCOCC2)CC1. The predicted octanol–water partition coefficient (Wildman–Crippen LogP) is 3.72. The number of benzene rings is 1. The maximum absolute atomic E-state index is 12.4. The highest BCUT2D eigenvalue weighted by Crippen LogP contribution is 2.26. The van der Waals surface area contributed by atoms with E-state index in [1.807, 2.05) is 4.90 Å². The first kappa shape index (κ1) is 20.7. The summed E-state index contributed by atoms with van der Waals surface area (Å²) in [7, 11) is 0. The zero-order chi connectivity index (χ0) is 19.1. The second kappa shape index (κ2) is 10.5. The average Bonchev–Trinajstić information content (AvgIpc) is 2.70. The summed E-state index contributed by atoms with van der Waals surface area (Å²) < 4.78 is 11.0. The minimum Gasteiger partial charge on any atom is -0.493 e. The first-order valence-corrected chi connectivity index (χ1v) is 10.5.